The van der Waals surface area contributed by atoms with Gasteiger partial charge >= 0.3 is 5.97 Å². The van der Waals surface area contributed by atoms with E-state index >= 15 is 0 Å². The largest absolute Gasteiger partial charge is 0.459 e. The van der Waals surface area contributed by atoms with Gasteiger partial charge in [-0.2, -0.15) is 0 Å². The van der Waals surface area contributed by atoms with Crippen LogP contribution in [-0.4, -0.2) is 36.7 Å². The predicted octanol–water partition coefficient (Wildman–Crippen LogP) is 0.668. The van der Waals surface area contributed by atoms with Gasteiger partial charge in [-0.1, -0.05) is 0 Å². The molecule has 2 N–H and O–H groups in total. The molecule has 2 aliphatic heterocycles. The Kier molecular flexibility index (Phi) is 3.22. The van der Waals surface area contributed by atoms with E-state index in [0.717, 1.165) is 25.9 Å². The van der Waals surface area contributed by atoms with Crippen LogP contribution in [0, 0.1) is 5.92 Å². The molecule has 0 aromatic rings. The van der Waals surface area contributed by atoms with E-state index in [1.807, 2.05) is 20.8 Å². The fraction of sp³-hybridized carbons (Fsp3) is 0.917. The van der Waals surface area contributed by atoms with E-state index in [1.54, 1.807) is 0 Å². The maximum Gasteiger partial charge on any atom is 0.324 e. The second-order valence-corrected chi connectivity index (χ2v) is 5.79. The molecule has 92 valence electrons. The molecule has 2 saturated heterocycles. The van der Waals surface area contributed by atoms with E-state index in [0.29, 0.717) is 12.0 Å². The summed E-state index contributed by atoms with van der Waals surface area (Å²) in [4.78, 5) is 12.0. The average molecular weight is 226 g/mol. The highest BCUT2D eigenvalue weighted by atomic mass is 16.6. The summed E-state index contributed by atoms with van der Waals surface area (Å²) in [6.07, 6.45) is 2.27. The molecule has 3 unspecified atom stereocenters. The van der Waals surface area contributed by atoms with Crippen molar-refractivity contribution < 1.29 is 9.53 Å². The van der Waals surface area contributed by atoms with Crippen molar-refractivity contribution in [1.82, 2.24) is 10.6 Å². The minimum atomic E-state index is -0.390. The van der Waals surface area contributed by atoms with Gasteiger partial charge in [-0.05, 0) is 40.2 Å². The highest BCUT2D eigenvalue weighted by molar-refractivity contribution is 5.77. The Labute approximate surface area is 97.1 Å². The van der Waals surface area contributed by atoms with Gasteiger partial charge in [0, 0.05) is 18.5 Å². The van der Waals surface area contributed by atoms with Crippen molar-refractivity contribution in [1.29, 1.82) is 0 Å². The molecule has 0 saturated carbocycles. The first kappa shape index (κ1) is 11.9. The second kappa shape index (κ2) is 4.34. The van der Waals surface area contributed by atoms with Crippen LogP contribution in [0.1, 0.15) is 33.6 Å². The second-order valence-electron chi connectivity index (χ2n) is 5.79. The van der Waals surface area contributed by atoms with Crippen LogP contribution in [0.4, 0.5) is 0 Å². The van der Waals surface area contributed by atoms with Crippen LogP contribution < -0.4 is 10.6 Å². The lowest BCUT2D eigenvalue weighted by Gasteiger charge is -2.30. The van der Waals surface area contributed by atoms with Crippen molar-refractivity contribution >= 4 is 5.97 Å². The molecule has 2 fully saturated rings. The van der Waals surface area contributed by atoms with Crippen LogP contribution in [0.25, 0.3) is 0 Å². The number of carbonyl (C=O) groups excluding carboxylic acids is 1. The van der Waals surface area contributed by atoms with E-state index < -0.39 is 0 Å². The molecule has 2 rings (SSSR count). The molecule has 0 aromatic heterocycles. The third-order valence-electron chi connectivity index (χ3n) is 3.28. The minimum absolute atomic E-state index is 0.0938. The maximum absolute atomic E-state index is 12.0. The van der Waals surface area contributed by atoms with Gasteiger partial charge in [-0.3, -0.25) is 4.79 Å². The summed E-state index contributed by atoms with van der Waals surface area (Å²) in [6.45, 7) is 7.70. The molecule has 3 atom stereocenters. The zero-order valence-corrected chi connectivity index (χ0v) is 10.4. The van der Waals surface area contributed by atoms with Crippen LogP contribution in [0.5, 0.6) is 0 Å². The highest BCUT2D eigenvalue weighted by Crippen LogP contribution is 2.26. The van der Waals surface area contributed by atoms with Crippen molar-refractivity contribution in [2.45, 2.75) is 51.3 Å². The van der Waals surface area contributed by atoms with Crippen molar-refractivity contribution in [3.8, 4) is 0 Å². The van der Waals surface area contributed by atoms with Gasteiger partial charge in [0.15, 0.2) is 0 Å². The normalized spacial score (nSPS) is 34.6. The van der Waals surface area contributed by atoms with Crippen LogP contribution >= 0.6 is 0 Å². The maximum atomic E-state index is 12.0. The van der Waals surface area contributed by atoms with E-state index in [2.05, 4.69) is 10.6 Å². The standard InChI is InChI=1S/C12H22N2O2/c1-12(2,3)16-11(15)10-8-5-4-6-13-9(8)7-14-10/h8-10,13-14H,4-7H2,1-3H3. The van der Waals surface area contributed by atoms with E-state index in [-0.39, 0.29) is 17.6 Å². The average Bonchev–Trinajstić information content (AvgIpc) is 2.58. The molecule has 0 bridgehead atoms. The summed E-state index contributed by atoms with van der Waals surface area (Å²) in [5.41, 5.74) is -0.390. The van der Waals surface area contributed by atoms with Crippen LogP contribution in [0.15, 0.2) is 0 Å². The summed E-state index contributed by atoms with van der Waals surface area (Å²) in [5, 5.41) is 6.74. The molecule has 0 radical (unpaired) electrons. The van der Waals surface area contributed by atoms with E-state index in [9.17, 15) is 4.79 Å². The number of piperidine rings is 1. The molecule has 0 aliphatic carbocycles. The van der Waals surface area contributed by atoms with Gasteiger partial charge in [-0.25, -0.2) is 0 Å². The zero-order valence-electron chi connectivity index (χ0n) is 10.4. The summed E-state index contributed by atoms with van der Waals surface area (Å²) in [6, 6.07) is 0.336. The van der Waals surface area contributed by atoms with Gasteiger partial charge in [0.2, 0.25) is 0 Å². The first-order valence-electron chi connectivity index (χ1n) is 6.17. The van der Waals surface area contributed by atoms with E-state index in [4.69, 9.17) is 4.74 Å². The van der Waals surface area contributed by atoms with Gasteiger partial charge in [0.1, 0.15) is 11.6 Å². The summed E-state index contributed by atoms with van der Waals surface area (Å²) < 4.78 is 5.44. The summed E-state index contributed by atoms with van der Waals surface area (Å²) in [5.74, 6) is 0.312. The summed E-state index contributed by atoms with van der Waals surface area (Å²) >= 11 is 0. The Morgan fingerprint density at radius 1 is 1.31 bits per heavy atom. The number of hydrogen-bond acceptors (Lipinski definition) is 4. The molecule has 2 heterocycles. The Hall–Kier alpha value is -0.610. The molecule has 2 aliphatic rings. The van der Waals surface area contributed by atoms with Crippen molar-refractivity contribution in [3.63, 3.8) is 0 Å². The third-order valence-corrected chi connectivity index (χ3v) is 3.28. The zero-order chi connectivity index (χ0) is 11.8. The van der Waals surface area contributed by atoms with Crippen molar-refractivity contribution in [2.24, 2.45) is 5.92 Å². The number of nitrogens with one attached hydrogen (secondary N) is 2. The number of rotatable bonds is 1. The number of ether oxygens (including phenoxy) is 1. The first-order valence-corrected chi connectivity index (χ1v) is 6.17. The molecular weight excluding hydrogens is 204 g/mol. The molecule has 0 amide bonds. The number of carbonyl (C=O) groups is 1. The predicted molar refractivity (Wildman–Crippen MR) is 62.2 cm³/mol. The first-order chi connectivity index (χ1) is 7.47. The number of hydrogen-bond donors (Lipinski definition) is 2. The fourth-order valence-corrected chi connectivity index (χ4v) is 2.63. The Bertz CT molecular complexity index is 273. The van der Waals surface area contributed by atoms with Crippen LogP contribution in [0.2, 0.25) is 0 Å². The third kappa shape index (κ3) is 2.55. The molecule has 16 heavy (non-hydrogen) atoms. The monoisotopic (exact) mass is 226 g/mol. The SMILES string of the molecule is CC(C)(C)OC(=O)C1NCC2NCCCC21. The van der Waals surface area contributed by atoms with Gasteiger partial charge in [-0.15, -0.1) is 0 Å². The Morgan fingerprint density at radius 3 is 2.75 bits per heavy atom. The van der Waals surface area contributed by atoms with Crippen LogP contribution in [-0.2, 0) is 9.53 Å². The van der Waals surface area contributed by atoms with Crippen LogP contribution in [0.3, 0.4) is 0 Å². The highest BCUT2D eigenvalue weighted by Gasteiger charge is 2.42. The topological polar surface area (TPSA) is 50.4 Å². The van der Waals surface area contributed by atoms with E-state index in [1.165, 1.54) is 0 Å². The minimum Gasteiger partial charge on any atom is -0.459 e. The lowest BCUT2D eigenvalue weighted by atomic mass is 9.88. The lowest BCUT2D eigenvalue weighted by molar-refractivity contribution is -0.158. The number of esters is 1. The van der Waals surface area contributed by atoms with Gasteiger partial charge in [0.05, 0.1) is 0 Å². The summed E-state index contributed by atoms with van der Waals surface area (Å²) in [7, 11) is 0. The molecule has 0 aromatic carbocycles. The smallest absolute Gasteiger partial charge is 0.324 e. The number of fused-ring (bicyclic) bond motifs is 1. The Morgan fingerprint density at radius 2 is 2.06 bits per heavy atom. The van der Waals surface area contributed by atoms with Gasteiger partial charge < -0.3 is 15.4 Å². The quantitative estimate of drug-likeness (QED) is 0.645. The van der Waals surface area contributed by atoms with Crippen molar-refractivity contribution in [2.75, 3.05) is 13.1 Å². The fourth-order valence-electron chi connectivity index (χ4n) is 2.63. The Balaban J connectivity index is 1.97. The molecule has 4 nitrogen and oxygen atoms in total. The molecule has 0 spiro atoms. The molecular formula is C12H22N2O2. The molecule has 4 heteroatoms. The lowest BCUT2D eigenvalue weighted by Crippen LogP contribution is -2.45. The van der Waals surface area contributed by atoms with Gasteiger partial charge in [0.25, 0.3) is 0 Å². The van der Waals surface area contributed by atoms with Crippen molar-refractivity contribution in [3.05, 3.63) is 0 Å².